The van der Waals surface area contributed by atoms with Crippen molar-refractivity contribution < 1.29 is 38.9 Å². The Hall–Kier alpha value is -3.68. The van der Waals surface area contributed by atoms with Gasteiger partial charge in [-0.05, 0) is 67.9 Å². The lowest BCUT2D eigenvalue weighted by atomic mass is 9.89. The van der Waals surface area contributed by atoms with Crippen LogP contribution in [0.1, 0.15) is 260 Å². The first-order valence-corrected chi connectivity index (χ1v) is 24.3. The lowest BCUT2D eigenvalue weighted by molar-refractivity contribution is 0.0450. The van der Waals surface area contributed by atoms with E-state index in [2.05, 4.69) is 27.7 Å². The van der Waals surface area contributed by atoms with Gasteiger partial charge < -0.3 is 19.7 Å². The highest BCUT2D eigenvalue weighted by Gasteiger charge is 2.23. The zero-order valence-corrected chi connectivity index (χ0v) is 38.4. The van der Waals surface area contributed by atoms with Crippen LogP contribution in [-0.4, -0.2) is 47.3 Å². The number of benzene rings is 2. The van der Waals surface area contributed by atoms with Crippen LogP contribution in [0.3, 0.4) is 0 Å². The average molecular weight is 837 g/mol. The molecule has 0 fully saturated rings. The number of esters is 2. The van der Waals surface area contributed by atoms with Crippen molar-refractivity contribution in [2.24, 2.45) is 0 Å². The van der Waals surface area contributed by atoms with Crippen LogP contribution in [0.25, 0.3) is 0 Å². The first-order chi connectivity index (χ1) is 29.2. The number of aryl methyl sites for hydroxylation is 1. The van der Waals surface area contributed by atoms with Gasteiger partial charge in [0.2, 0.25) is 0 Å². The van der Waals surface area contributed by atoms with Gasteiger partial charge >= 0.3 is 23.9 Å². The van der Waals surface area contributed by atoms with E-state index >= 15 is 0 Å². The Morgan fingerprint density at radius 3 is 1.12 bits per heavy atom. The molecule has 0 aromatic heterocycles. The third-order valence-electron chi connectivity index (χ3n) is 11.3. The van der Waals surface area contributed by atoms with Crippen LogP contribution in [0, 0.1) is 0 Å². The lowest BCUT2D eigenvalue weighted by Crippen LogP contribution is -2.15. The molecule has 8 heteroatoms. The minimum Gasteiger partial charge on any atom is -0.478 e. The van der Waals surface area contributed by atoms with E-state index in [1.807, 2.05) is 6.07 Å². The minimum absolute atomic E-state index is 0.00827. The maximum absolute atomic E-state index is 12.4. The van der Waals surface area contributed by atoms with Crippen LogP contribution in [0.2, 0.25) is 0 Å². The number of unbranched alkanes of at least 4 members (excludes halogenated alkanes) is 24. The molecular weight excluding hydrogens is 753 g/mol. The number of carboxylic acid groups (broad SMARTS) is 2. The average Bonchev–Trinajstić information content (AvgIpc) is 3.24. The SMILES string of the molecule is CCCCCCCCCOC(=O)c1ccccc1C(=O)OCCCCCCCCC.CCCCCCCCCc1ccc(C(=O)O)c(C(=O)O)c1CCCCCCCCC. The van der Waals surface area contributed by atoms with E-state index in [9.17, 15) is 29.4 Å². The number of hydrogen-bond donors (Lipinski definition) is 2. The van der Waals surface area contributed by atoms with Crippen molar-refractivity contribution in [1.29, 1.82) is 0 Å². The molecule has 0 saturated carbocycles. The number of carboxylic acids is 2. The summed E-state index contributed by atoms with van der Waals surface area (Å²) >= 11 is 0. The number of aromatic carboxylic acids is 2. The summed E-state index contributed by atoms with van der Waals surface area (Å²) in [6.07, 6.45) is 34.4. The van der Waals surface area contributed by atoms with Crippen LogP contribution >= 0.6 is 0 Å². The molecule has 0 bridgehead atoms. The molecule has 0 spiro atoms. The molecule has 340 valence electrons. The maximum Gasteiger partial charge on any atom is 0.339 e. The summed E-state index contributed by atoms with van der Waals surface area (Å²) in [5, 5.41) is 19.2. The normalized spacial score (nSPS) is 10.9. The highest BCUT2D eigenvalue weighted by Crippen LogP contribution is 2.25. The molecule has 0 aliphatic rings. The number of rotatable bonds is 36. The van der Waals surface area contributed by atoms with Gasteiger partial charge in [-0.2, -0.15) is 0 Å². The molecule has 0 saturated heterocycles. The van der Waals surface area contributed by atoms with E-state index in [0.29, 0.717) is 30.8 Å². The topological polar surface area (TPSA) is 127 Å². The summed E-state index contributed by atoms with van der Waals surface area (Å²) in [5.74, 6) is -3.16. The lowest BCUT2D eigenvalue weighted by Gasteiger charge is -2.15. The minimum atomic E-state index is -1.16. The van der Waals surface area contributed by atoms with Crippen molar-refractivity contribution in [2.75, 3.05) is 13.2 Å². The molecule has 60 heavy (non-hydrogen) atoms. The molecule has 0 atom stereocenters. The van der Waals surface area contributed by atoms with Crippen molar-refractivity contribution >= 4 is 23.9 Å². The Morgan fingerprint density at radius 1 is 0.400 bits per heavy atom. The van der Waals surface area contributed by atoms with Gasteiger partial charge in [0.05, 0.1) is 35.5 Å². The summed E-state index contributed by atoms with van der Waals surface area (Å²) in [4.78, 5) is 48.3. The molecular formula is C52H84O8. The number of carbonyl (C=O) groups excluding carboxylic acids is 2. The molecule has 0 aliphatic heterocycles. The van der Waals surface area contributed by atoms with Crippen molar-refractivity contribution in [3.05, 3.63) is 69.8 Å². The van der Waals surface area contributed by atoms with Gasteiger partial charge in [0, 0.05) is 0 Å². The van der Waals surface area contributed by atoms with Crippen molar-refractivity contribution in [3.63, 3.8) is 0 Å². The summed E-state index contributed by atoms with van der Waals surface area (Å²) in [7, 11) is 0. The molecule has 2 N–H and O–H groups in total. The van der Waals surface area contributed by atoms with Crippen LogP contribution in [0.4, 0.5) is 0 Å². The van der Waals surface area contributed by atoms with Crippen LogP contribution in [0.15, 0.2) is 36.4 Å². The van der Waals surface area contributed by atoms with Gasteiger partial charge in [-0.3, -0.25) is 0 Å². The molecule has 0 radical (unpaired) electrons. The quantitative estimate of drug-likeness (QED) is 0.0513. The standard InChI is InChI=1S/2C26H42O4/c1-3-5-7-9-11-13-17-21-29-25(27)23-19-15-16-20-24(23)26(28)30-22-18-14-12-10-8-6-4-2;1-3-5-7-9-11-13-15-17-21-19-20-23(25(27)28)24(26(29)30)22(21)18-16-14-12-10-8-6-4-2/h15-16,19-20H,3-14,17-18,21-22H2,1-2H3;19-20H,3-18H2,1-2H3,(H,27,28)(H,29,30). The predicted molar refractivity (Wildman–Crippen MR) is 247 cm³/mol. The van der Waals surface area contributed by atoms with Crippen LogP contribution in [-0.2, 0) is 22.3 Å². The summed E-state index contributed by atoms with van der Waals surface area (Å²) in [6.45, 7) is 9.64. The zero-order valence-electron chi connectivity index (χ0n) is 38.4. The van der Waals surface area contributed by atoms with Gasteiger partial charge in [0.1, 0.15) is 0 Å². The number of hydrogen-bond acceptors (Lipinski definition) is 6. The van der Waals surface area contributed by atoms with Gasteiger partial charge in [0.15, 0.2) is 0 Å². The highest BCUT2D eigenvalue weighted by atomic mass is 16.5. The molecule has 2 rings (SSSR count). The molecule has 0 heterocycles. The molecule has 0 aliphatic carbocycles. The molecule has 0 unspecified atom stereocenters. The van der Waals surface area contributed by atoms with Gasteiger partial charge in [-0.15, -0.1) is 0 Å². The van der Waals surface area contributed by atoms with E-state index in [1.165, 1.54) is 128 Å². The van der Waals surface area contributed by atoms with E-state index in [0.717, 1.165) is 75.3 Å². The molecule has 2 aromatic rings. The number of carbonyl (C=O) groups is 4. The largest absolute Gasteiger partial charge is 0.478 e. The second-order valence-electron chi connectivity index (χ2n) is 16.5. The van der Waals surface area contributed by atoms with Crippen molar-refractivity contribution in [2.45, 2.75) is 220 Å². The molecule has 8 nitrogen and oxygen atoms in total. The maximum atomic E-state index is 12.4. The predicted octanol–water partition coefficient (Wildman–Crippen LogP) is 15.2. The summed E-state index contributed by atoms with van der Waals surface area (Å²) < 4.78 is 10.8. The van der Waals surface area contributed by atoms with Crippen molar-refractivity contribution in [1.82, 2.24) is 0 Å². The van der Waals surface area contributed by atoms with E-state index in [4.69, 9.17) is 9.47 Å². The first kappa shape index (κ1) is 54.3. The smallest absolute Gasteiger partial charge is 0.339 e. The Labute approximate surface area is 365 Å². The Morgan fingerprint density at radius 2 is 0.750 bits per heavy atom. The van der Waals surface area contributed by atoms with Gasteiger partial charge in [-0.25, -0.2) is 19.2 Å². The Bertz CT molecular complexity index is 1380. The third-order valence-corrected chi connectivity index (χ3v) is 11.3. The summed E-state index contributed by atoms with van der Waals surface area (Å²) in [6, 6.07) is 10.1. The Balaban J connectivity index is 0.000000600. The molecule has 2 aromatic carbocycles. The second-order valence-corrected chi connectivity index (χ2v) is 16.5. The van der Waals surface area contributed by atoms with E-state index < -0.39 is 23.9 Å². The summed E-state index contributed by atoms with van der Waals surface area (Å²) in [5.41, 5.74) is 2.30. The van der Waals surface area contributed by atoms with Gasteiger partial charge in [-0.1, -0.05) is 200 Å². The third kappa shape index (κ3) is 25.2. The van der Waals surface area contributed by atoms with E-state index in [1.54, 1.807) is 24.3 Å². The zero-order chi connectivity index (χ0) is 44.1. The Kier molecular flexibility index (Phi) is 33.6. The fourth-order valence-corrected chi connectivity index (χ4v) is 7.61. The number of ether oxygens (including phenoxy) is 2. The van der Waals surface area contributed by atoms with Gasteiger partial charge in [0.25, 0.3) is 0 Å². The second kappa shape index (κ2) is 37.1. The fourth-order valence-electron chi connectivity index (χ4n) is 7.61. The highest BCUT2D eigenvalue weighted by molar-refractivity contribution is 6.03. The fraction of sp³-hybridized carbons (Fsp3) is 0.692. The molecule has 0 amide bonds. The van der Waals surface area contributed by atoms with Crippen LogP contribution in [0.5, 0.6) is 0 Å². The van der Waals surface area contributed by atoms with Crippen LogP contribution < -0.4 is 0 Å². The first-order valence-electron chi connectivity index (χ1n) is 24.3. The van der Waals surface area contributed by atoms with Crippen molar-refractivity contribution in [3.8, 4) is 0 Å². The van der Waals surface area contributed by atoms with E-state index in [-0.39, 0.29) is 11.1 Å². The monoisotopic (exact) mass is 837 g/mol.